The maximum atomic E-state index is 4.41. The molecule has 2 aromatic rings. The first kappa shape index (κ1) is 11.3. The molecule has 4 heteroatoms. The van der Waals surface area contributed by atoms with Gasteiger partial charge >= 0.3 is 0 Å². The Hall–Kier alpha value is -1.16. The zero-order valence-electron chi connectivity index (χ0n) is 9.61. The molecule has 0 aliphatic carbocycles. The number of hydrogen-bond donors (Lipinski definition) is 0. The van der Waals surface area contributed by atoms with Crippen molar-refractivity contribution >= 4 is 15.9 Å². The molecular weight excluding hydrogens is 266 g/mol. The van der Waals surface area contributed by atoms with Gasteiger partial charge in [0, 0.05) is 11.6 Å². The lowest BCUT2D eigenvalue weighted by molar-refractivity contribution is 0.541. The van der Waals surface area contributed by atoms with E-state index in [1.165, 1.54) is 0 Å². The first-order valence-corrected chi connectivity index (χ1v) is 5.95. The SMILES string of the molecule is CC(C)(C)c1ccnn1-c1cccc(Br)n1. The van der Waals surface area contributed by atoms with Crippen molar-refractivity contribution < 1.29 is 0 Å². The molecule has 0 aliphatic rings. The minimum atomic E-state index is 0.0560. The van der Waals surface area contributed by atoms with Crippen LogP contribution in [-0.2, 0) is 5.41 Å². The van der Waals surface area contributed by atoms with Crippen molar-refractivity contribution in [2.24, 2.45) is 0 Å². The third-order valence-electron chi connectivity index (χ3n) is 2.33. The van der Waals surface area contributed by atoms with Gasteiger partial charge < -0.3 is 0 Å². The Morgan fingerprint density at radius 2 is 1.94 bits per heavy atom. The highest BCUT2D eigenvalue weighted by molar-refractivity contribution is 9.10. The van der Waals surface area contributed by atoms with Crippen LogP contribution in [-0.4, -0.2) is 14.8 Å². The van der Waals surface area contributed by atoms with E-state index in [0.29, 0.717) is 0 Å². The molecule has 84 valence electrons. The summed E-state index contributed by atoms with van der Waals surface area (Å²) >= 11 is 3.37. The molecule has 0 amide bonds. The van der Waals surface area contributed by atoms with Crippen molar-refractivity contribution in [3.05, 3.63) is 40.8 Å². The van der Waals surface area contributed by atoms with E-state index < -0.39 is 0 Å². The van der Waals surface area contributed by atoms with Crippen LogP contribution >= 0.6 is 15.9 Å². The minimum Gasteiger partial charge on any atom is -0.222 e. The van der Waals surface area contributed by atoms with Crippen molar-refractivity contribution in [2.75, 3.05) is 0 Å². The van der Waals surface area contributed by atoms with E-state index in [-0.39, 0.29) is 5.41 Å². The summed E-state index contributed by atoms with van der Waals surface area (Å²) in [7, 11) is 0. The Labute approximate surface area is 104 Å². The molecule has 0 bridgehead atoms. The van der Waals surface area contributed by atoms with Gasteiger partial charge in [-0.25, -0.2) is 9.67 Å². The van der Waals surface area contributed by atoms with E-state index in [4.69, 9.17) is 0 Å². The van der Waals surface area contributed by atoms with Gasteiger partial charge in [-0.1, -0.05) is 26.8 Å². The number of rotatable bonds is 1. The molecule has 2 aromatic heterocycles. The zero-order valence-corrected chi connectivity index (χ0v) is 11.2. The van der Waals surface area contributed by atoms with E-state index >= 15 is 0 Å². The highest BCUT2D eigenvalue weighted by atomic mass is 79.9. The van der Waals surface area contributed by atoms with Crippen molar-refractivity contribution in [3.63, 3.8) is 0 Å². The summed E-state index contributed by atoms with van der Waals surface area (Å²) in [6, 6.07) is 7.85. The van der Waals surface area contributed by atoms with Crippen LogP contribution in [0.25, 0.3) is 5.82 Å². The second kappa shape index (κ2) is 4.01. The maximum absolute atomic E-state index is 4.41. The van der Waals surface area contributed by atoms with Crippen LogP contribution in [0.1, 0.15) is 26.5 Å². The average molecular weight is 280 g/mol. The van der Waals surface area contributed by atoms with Crippen molar-refractivity contribution in [1.29, 1.82) is 0 Å². The highest BCUT2D eigenvalue weighted by Crippen LogP contribution is 2.23. The lowest BCUT2D eigenvalue weighted by Crippen LogP contribution is -2.18. The predicted molar refractivity (Wildman–Crippen MR) is 67.8 cm³/mol. The topological polar surface area (TPSA) is 30.7 Å². The standard InChI is InChI=1S/C12H14BrN3/c1-12(2,3)9-7-8-14-16(9)11-6-4-5-10(13)15-11/h4-8H,1-3H3. The van der Waals surface area contributed by atoms with Gasteiger partial charge in [-0.05, 0) is 34.1 Å². The van der Waals surface area contributed by atoms with Gasteiger partial charge in [0.15, 0.2) is 5.82 Å². The van der Waals surface area contributed by atoms with Crippen LogP contribution in [0.4, 0.5) is 0 Å². The van der Waals surface area contributed by atoms with E-state index in [9.17, 15) is 0 Å². The molecule has 2 heterocycles. The van der Waals surface area contributed by atoms with Crippen molar-refractivity contribution in [2.45, 2.75) is 26.2 Å². The van der Waals surface area contributed by atoms with E-state index in [1.807, 2.05) is 35.1 Å². The monoisotopic (exact) mass is 279 g/mol. The maximum Gasteiger partial charge on any atom is 0.154 e. The van der Waals surface area contributed by atoms with Gasteiger partial charge in [-0.2, -0.15) is 5.10 Å². The smallest absolute Gasteiger partial charge is 0.154 e. The van der Waals surface area contributed by atoms with Gasteiger partial charge in [0.2, 0.25) is 0 Å². The van der Waals surface area contributed by atoms with Gasteiger partial charge in [-0.3, -0.25) is 0 Å². The third-order valence-corrected chi connectivity index (χ3v) is 2.77. The first-order chi connectivity index (χ1) is 7.48. The quantitative estimate of drug-likeness (QED) is 0.750. The Morgan fingerprint density at radius 3 is 2.56 bits per heavy atom. The second-order valence-electron chi connectivity index (χ2n) is 4.70. The molecule has 0 spiro atoms. The molecule has 3 nitrogen and oxygen atoms in total. The minimum absolute atomic E-state index is 0.0560. The summed E-state index contributed by atoms with van der Waals surface area (Å²) in [6.07, 6.45) is 1.81. The summed E-state index contributed by atoms with van der Waals surface area (Å²) < 4.78 is 2.70. The summed E-state index contributed by atoms with van der Waals surface area (Å²) in [5, 5.41) is 4.33. The Kier molecular flexibility index (Phi) is 2.84. The third kappa shape index (κ3) is 2.16. The number of halogens is 1. The molecular formula is C12H14BrN3. The molecule has 0 fully saturated rings. The predicted octanol–water partition coefficient (Wildman–Crippen LogP) is 3.33. The normalized spacial score (nSPS) is 11.8. The lowest BCUT2D eigenvalue weighted by Gasteiger charge is -2.19. The zero-order chi connectivity index (χ0) is 11.8. The van der Waals surface area contributed by atoms with Crippen LogP contribution in [0.15, 0.2) is 35.1 Å². The van der Waals surface area contributed by atoms with Gasteiger partial charge in [0.1, 0.15) is 4.60 Å². The van der Waals surface area contributed by atoms with Crippen LogP contribution in [0.3, 0.4) is 0 Å². The van der Waals surface area contributed by atoms with Crippen LogP contribution in [0, 0.1) is 0 Å². The van der Waals surface area contributed by atoms with Crippen molar-refractivity contribution in [1.82, 2.24) is 14.8 Å². The number of hydrogen-bond acceptors (Lipinski definition) is 2. The van der Waals surface area contributed by atoms with Gasteiger partial charge in [0.05, 0.1) is 5.69 Å². The fourth-order valence-corrected chi connectivity index (χ4v) is 1.90. The van der Waals surface area contributed by atoms with E-state index in [1.54, 1.807) is 0 Å². The largest absolute Gasteiger partial charge is 0.222 e. The molecule has 0 aromatic carbocycles. The first-order valence-electron chi connectivity index (χ1n) is 5.16. The molecule has 0 aliphatic heterocycles. The molecule has 0 saturated carbocycles. The Morgan fingerprint density at radius 1 is 1.19 bits per heavy atom. The van der Waals surface area contributed by atoms with Crippen molar-refractivity contribution in [3.8, 4) is 5.82 Å². The van der Waals surface area contributed by atoms with Crippen LogP contribution in [0.2, 0.25) is 0 Å². The lowest BCUT2D eigenvalue weighted by atomic mass is 9.92. The van der Waals surface area contributed by atoms with E-state index in [2.05, 4.69) is 46.8 Å². The summed E-state index contributed by atoms with van der Waals surface area (Å²) in [5.41, 5.74) is 1.21. The molecule has 0 unspecified atom stereocenters. The number of nitrogens with zero attached hydrogens (tertiary/aromatic N) is 3. The Balaban J connectivity index is 2.53. The molecule has 16 heavy (non-hydrogen) atoms. The average Bonchev–Trinajstić information content (AvgIpc) is 2.65. The van der Waals surface area contributed by atoms with E-state index in [0.717, 1.165) is 16.1 Å². The second-order valence-corrected chi connectivity index (χ2v) is 5.51. The molecule has 2 rings (SSSR count). The fraction of sp³-hybridized carbons (Fsp3) is 0.333. The molecule has 0 radical (unpaired) electrons. The van der Waals surface area contributed by atoms with Crippen LogP contribution in [0.5, 0.6) is 0 Å². The highest BCUT2D eigenvalue weighted by Gasteiger charge is 2.19. The number of pyridine rings is 1. The summed E-state index contributed by atoms with van der Waals surface area (Å²) in [5.74, 6) is 0.837. The number of aromatic nitrogens is 3. The summed E-state index contributed by atoms with van der Waals surface area (Å²) in [6.45, 7) is 6.50. The fourth-order valence-electron chi connectivity index (χ4n) is 1.57. The molecule has 0 atom stereocenters. The van der Waals surface area contributed by atoms with Crippen LogP contribution < -0.4 is 0 Å². The summed E-state index contributed by atoms with van der Waals surface area (Å²) in [4.78, 5) is 4.41. The molecule has 0 N–H and O–H groups in total. The van der Waals surface area contributed by atoms with Gasteiger partial charge in [0.25, 0.3) is 0 Å². The molecule has 0 saturated heterocycles. The van der Waals surface area contributed by atoms with Gasteiger partial charge in [-0.15, -0.1) is 0 Å². The Bertz CT molecular complexity index is 497.